The van der Waals surface area contributed by atoms with Crippen molar-refractivity contribution in [3.05, 3.63) is 72.3 Å². The predicted molar refractivity (Wildman–Crippen MR) is 133 cm³/mol. The number of carbonyl (C=O) groups excluding carboxylic acids is 1. The smallest absolute Gasteiger partial charge is 0.265 e. The highest BCUT2D eigenvalue weighted by molar-refractivity contribution is 7.93. The van der Waals surface area contributed by atoms with Crippen molar-refractivity contribution < 1.29 is 17.9 Å². The SMILES string of the molecule is COc1ccccc1N1CCN(C(=O)CN2c3ccc(C)cc3-c3ccccc3S2(=O)=O)CC1. The Morgan fingerprint density at radius 2 is 1.59 bits per heavy atom. The molecule has 8 heteroatoms. The highest BCUT2D eigenvalue weighted by Gasteiger charge is 2.37. The van der Waals surface area contributed by atoms with E-state index in [-0.39, 0.29) is 17.3 Å². The van der Waals surface area contributed by atoms with Crippen LogP contribution < -0.4 is 13.9 Å². The standard InChI is InChI=1S/C26H27N3O4S/c1-19-11-12-22-21(17-19)20-7-3-6-10-25(20)34(31,32)29(22)18-26(30)28-15-13-27(14-16-28)23-8-4-5-9-24(23)33-2/h3-12,17H,13-16,18H2,1-2H3. The second-order valence-corrected chi connectivity index (χ2v) is 10.4. The molecule has 0 unspecified atom stereocenters. The quantitative estimate of drug-likeness (QED) is 0.575. The van der Waals surface area contributed by atoms with E-state index in [4.69, 9.17) is 4.74 Å². The Labute approximate surface area is 200 Å². The van der Waals surface area contributed by atoms with Crippen LogP contribution in [0.5, 0.6) is 5.75 Å². The Morgan fingerprint density at radius 1 is 0.882 bits per heavy atom. The summed E-state index contributed by atoms with van der Waals surface area (Å²) in [7, 11) is -2.20. The van der Waals surface area contributed by atoms with Crippen molar-refractivity contribution in [1.29, 1.82) is 0 Å². The second-order valence-electron chi connectivity index (χ2n) is 8.57. The summed E-state index contributed by atoms with van der Waals surface area (Å²) < 4.78 is 33.8. The maximum atomic E-state index is 13.5. The van der Waals surface area contributed by atoms with Crippen molar-refractivity contribution in [2.75, 3.05) is 49.0 Å². The molecule has 0 saturated carbocycles. The van der Waals surface area contributed by atoms with Crippen LogP contribution >= 0.6 is 0 Å². The fourth-order valence-electron chi connectivity index (χ4n) is 4.73. The van der Waals surface area contributed by atoms with E-state index in [1.165, 1.54) is 4.31 Å². The summed E-state index contributed by atoms with van der Waals surface area (Å²) in [6, 6.07) is 20.5. The number of benzene rings is 3. The summed E-state index contributed by atoms with van der Waals surface area (Å²) in [6.07, 6.45) is 0. The first-order valence-electron chi connectivity index (χ1n) is 11.3. The van der Waals surface area contributed by atoms with Gasteiger partial charge in [-0.05, 0) is 37.3 Å². The molecule has 176 valence electrons. The van der Waals surface area contributed by atoms with Gasteiger partial charge in [-0.15, -0.1) is 0 Å². The molecule has 1 amide bonds. The number of fused-ring (bicyclic) bond motifs is 3. The number of hydrogen-bond donors (Lipinski definition) is 0. The minimum absolute atomic E-state index is 0.200. The molecule has 0 aromatic heterocycles. The van der Waals surface area contributed by atoms with Crippen molar-refractivity contribution >= 4 is 27.3 Å². The highest BCUT2D eigenvalue weighted by atomic mass is 32.2. The van der Waals surface area contributed by atoms with E-state index in [0.29, 0.717) is 37.4 Å². The molecule has 2 heterocycles. The predicted octanol–water partition coefficient (Wildman–Crippen LogP) is 3.53. The van der Waals surface area contributed by atoms with E-state index < -0.39 is 10.0 Å². The van der Waals surface area contributed by atoms with Gasteiger partial charge in [0.05, 0.1) is 23.4 Å². The first-order valence-corrected chi connectivity index (χ1v) is 12.7. The van der Waals surface area contributed by atoms with Gasteiger partial charge in [0.2, 0.25) is 5.91 Å². The molecule has 34 heavy (non-hydrogen) atoms. The third kappa shape index (κ3) is 3.77. The van der Waals surface area contributed by atoms with Gasteiger partial charge in [-0.25, -0.2) is 8.42 Å². The van der Waals surface area contributed by atoms with E-state index in [9.17, 15) is 13.2 Å². The Morgan fingerprint density at radius 3 is 2.35 bits per heavy atom. The molecule has 2 aliphatic heterocycles. The van der Waals surface area contributed by atoms with Crippen LogP contribution in [0.2, 0.25) is 0 Å². The summed E-state index contributed by atoms with van der Waals surface area (Å²) in [5.74, 6) is 0.599. The Bertz CT molecular complexity index is 1350. The number of amides is 1. The van der Waals surface area contributed by atoms with E-state index in [2.05, 4.69) is 4.90 Å². The fraction of sp³-hybridized carbons (Fsp3) is 0.269. The molecule has 3 aromatic rings. The number of methoxy groups -OCH3 is 1. The number of para-hydroxylation sites is 2. The number of rotatable bonds is 4. The van der Waals surface area contributed by atoms with Crippen LogP contribution in [0.15, 0.2) is 71.6 Å². The molecule has 0 radical (unpaired) electrons. The first-order chi connectivity index (χ1) is 16.4. The molecule has 5 rings (SSSR count). The lowest BCUT2D eigenvalue weighted by Crippen LogP contribution is -2.52. The topological polar surface area (TPSA) is 70.2 Å². The fourth-order valence-corrected chi connectivity index (χ4v) is 6.37. The van der Waals surface area contributed by atoms with Crippen LogP contribution in [0.3, 0.4) is 0 Å². The maximum absolute atomic E-state index is 13.5. The zero-order valence-electron chi connectivity index (χ0n) is 19.3. The monoisotopic (exact) mass is 477 g/mol. The molecule has 0 bridgehead atoms. The van der Waals surface area contributed by atoms with Crippen LogP contribution in [0.1, 0.15) is 5.56 Å². The number of aryl methyl sites for hydroxylation is 1. The lowest BCUT2D eigenvalue weighted by molar-refractivity contribution is -0.129. The van der Waals surface area contributed by atoms with Gasteiger partial charge in [-0.2, -0.15) is 0 Å². The van der Waals surface area contributed by atoms with Gasteiger partial charge in [0.15, 0.2) is 0 Å². The van der Waals surface area contributed by atoms with Crippen LogP contribution in [-0.2, 0) is 14.8 Å². The summed E-state index contributed by atoms with van der Waals surface area (Å²) in [6.45, 7) is 4.09. The third-order valence-electron chi connectivity index (χ3n) is 6.50. The van der Waals surface area contributed by atoms with Crippen LogP contribution in [0.4, 0.5) is 11.4 Å². The zero-order valence-corrected chi connectivity index (χ0v) is 20.1. The average Bonchev–Trinajstić information content (AvgIpc) is 2.86. The number of sulfonamides is 1. The Kier molecular flexibility index (Phi) is 5.69. The van der Waals surface area contributed by atoms with Crippen LogP contribution in [0.25, 0.3) is 11.1 Å². The van der Waals surface area contributed by atoms with Crippen molar-refractivity contribution in [3.63, 3.8) is 0 Å². The summed E-state index contributed by atoms with van der Waals surface area (Å²) >= 11 is 0. The molecule has 2 aliphatic rings. The largest absolute Gasteiger partial charge is 0.495 e. The lowest BCUT2D eigenvalue weighted by Gasteiger charge is -2.38. The minimum Gasteiger partial charge on any atom is -0.495 e. The Hall–Kier alpha value is -3.52. The average molecular weight is 478 g/mol. The Balaban J connectivity index is 1.37. The molecule has 0 aliphatic carbocycles. The van der Waals surface area contributed by atoms with Crippen LogP contribution in [-0.4, -0.2) is 59.1 Å². The highest BCUT2D eigenvalue weighted by Crippen LogP contribution is 2.43. The van der Waals surface area contributed by atoms with Gasteiger partial charge < -0.3 is 14.5 Å². The van der Waals surface area contributed by atoms with Gasteiger partial charge >= 0.3 is 0 Å². The van der Waals surface area contributed by atoms with Gasteiger partial charge in [0, 0.05) is 37.3 Å². The van der Waals surface area contributed by atoms with E-state index >= 15 is 0 Å². The number of piperazine rings is 1. The number of nitrogens with zero attached hydrogens (tertiary/aromatic N) is 3. The molecule has 1 fully saturated rings. The van der Waals surface area contributed by atoms with E-state index in [1.54, 1.807) is 30.2 Å². The first kappa shape index (κ1) is 22.3. The molecule has 7 nitrogen and oxygen atoms in total. The summed E-state index contributed by atoms with van der Waals surface area (Å²) in [5, 5.41) is 0. The summed E-state index contributed by atoms with van der Waals surface area (Å²) in [4.78, 5) is 17.5. The van der Waals surface area contributed by atoms with Crippen molar-refractivity contribution in [1.82, 2.24) is 4.90 Å². The van der Waals surface area contributed by atoms with Crippen molar-refractivity contribution in [2.45, 2.75) is 11.8 Å². The van der Waals surface area contributed by atoms with Gasteiger partial charge in [-0.3, -0.25) is 9.10 Å². The van der Waals surface area contributed by atoms with Gasteiger partial charge in [0.25, 0.3) is 10.0 Å². The van der Waals surface area contributed by atoms with Crippen molar-refractivity contribution in [2.24, 2.45) is 0 Å². The molecule has 1 saturated heterocycles. The van der Waals surface area contributed by atoms with E-state index in [0.717, 1.165) is 22.6 Å². The molecule has 3 aromatic carbocycles. The normalized spacial score (nSPS) is 16.6. The maximum Gasteiger partial charge on any atom is 0.265 e. The van der Waals surface area contributed by atoms with Crippen molar-refractivity contribution in [3.8, 4) is 16.9 Å². The molecule has 0 spiro atoms. The summed E-state index contributed by atoms with van der Waals surface area (Å²) in [5.41, 5.74) is 4.09. The molecular weight excluding hydrogens is 450 g/mol. The number of ether oxygens (including phenoxy) is 1. The second kappa shape index (κ2) is 8.68. The van der Waals surface area contributed by atoms with Gasteiger partial charge in [0.1, 0.15) is 12.3 Å². The third-order valence-corrected chi connectivity index (χ3v) is 8.32. The van der Waals surface area contributed by atoms with Gasteiger partial charge in [-0.1, -0.05) is 42.0 Å². The van der Waals surface area contributed by atoms with Crippen LogP contribution in [0, 0.1) is 6.92 Å². The minimum atomic E-state index is -3.85. The molecule has 0 N–H and O–H groups in total. The zero-order chi connectivity index (χ0) is 23.9. The lowest BCUT2D eigenvalue weighted by atomic mass is 10.0. The number of carbonyl (C=O) groups is 1. The number of anilines is 2. The molecule has 0 atom stereocenters. The molecular formula is C26H27N3O4S. The van der Waals surface area contributed by atoms with E-state index in [1.807, 2.05) is 55.5 Å². The number of hydrogen-bond acceptors (Lipinski definition) is 5.